The molecule has 7 heteroatoms. The molecule has 0 amide bonds. The van der Waals surface area contributed by atoms with Crippen LogP contribution in [0.25, 0.3) is 0 Å². The molecule has 0 spiro atoms. The average Bonchev–Trinajstić information content (AvgIpc) is 2.92. The zero-order chi connectivity index (χ0) is 17.8. The fourth-order valence-corrected chi connectivity index (χ4v) is 2.24. The lowest BCUT2D eigenvalue weighted by Gasteiger charge is -2.08. The number of ether oxygens (including phenoxy) is 1. The Bertz CT molecular complexity index is 921. The van der Waals surface area contributed by atoms with Gasteiger partial charge in [-0.15, -0.1) is 0 Å². The van der Waals surface area contributed by atoms with Crippen LogP contribution in [0.2, 0.25) is 0 Å². The van der Waals surface area contributed by atoms with Gasteiger partial charge in [-0.25, -0.2) is 18.4 Å². The van der Waals surface area contributed by atoms with Gasteiger partial charge < -0.3 is 10.5 Å². The van der Waals surface area contributed by atoms with Gasteiger partial charge in [-0.1, -0.05) is 18.2 Å². The summed E-state index contributed by atoms with van der Waals surface area (Å²) in [5, 5.41) is 4.24. The Morgan fingerprint density at radius 3 is 2.84 bits per heavy atom. The molecule has 0 aliphatic carbocycles. The van der Waals surface area contributed by atoms with E-state index in [9.17, 15) is 8.78 Å². The van der Waals surface area contributed by atoms with E-state index in [0.717, 1.165) is 35.0 Å². The van der Waals surface area contributed by atoms with Gasteiger partial charge in [0.25, 0.3) is 0 Å². The molecule has 0 fully saturated rings. The molecular formula is C18H16F2N4O. The second-order valence-corrected chi connectivity index (χ2v) is 5.44. The minimum Gasteiger partial charge on any atom is -0.486 e. The van der Waals surface area contributed by atoms with Gasteiger partial charge in [0.2, 0.25) is 5.95 Å². The molecule has 1 aromatic heterocycles. The molecule has 1 heterocycles. The fraction of sp³-hybridized carbons (Fsp3) is 0.111. The van der Waals surface area contributed by atoms with Crippen LogP contribution in [0.1, 0.15) is 16.8 Å². The van der Waals surface area contributed by atoms with Gasteiger partial charge in [0.15, 0.2) is 11.6 Å². The van der Waals surface area contributed by atoms with Crippen LogP contribution >= 0.6 is 0 Å². The Morgan fingerprint density at radius 1 is 1.24 bits per heavy atom. The van der Waals surface area contributed by atoms with Crippen molar-refractivity contribution in [3.05, 3.63) is 77.1 Å². The van der Waals surface area contributed by atoms with Crippen molar-refractivity contribution >= 4 is 12.2 Å². The third-order valence-electron chi connectivity index (χ3n) is 3.40. The number of nitrogens with zero attached hydrogens (tertiary/aromatic N) is 3. The molecule has 0 aliphatic rings. The van der Waals surface area contributed by atoms with Crippen molar-refractivity contribution in [1.29, 1.82) is 0 Å². The third-order valence-corrected chi connectivity index (χ3v) is 3.40. The van der Waals surface area contributed by atoms with E-state index in [-0.39, 0.29) is 12.4 Å². The lowest BCUT2D eigenvalue weighted by molar-refractivity contribution is 0.288. The zero-order valence-electron chi connectivity index (χ0n) is 13.5. The van der Waals surface area contributed by atoms with Gasteiger partial charge in [0.05, 0.1) is 18.1 Å². The molecule has 0 saturated carbocycles. The molecule has 3 aromatic rings. The van der Waals surface area contributed by atoms with Crippen LogP contribution in [0.5, 0.6) is 5.75 Å². The molecule has 2 N–H and O–H groups in total. The van der Waals surface area contributed by atoms with Crippen LogP contribution in [0.4, 0.5) is 14.7 Å². The van der Waals surface area contributed by atoms with E-state index < -0.39 is 11.6 Å². The minimum atomic E-state index is -0.606. The predicted octanol–water partition coefficient (Wildman–Crippen LogP) is 3.51. The summed E-state index contributed by atoms with van der Waals surface area (Å²) < 4.78 is 33.5. The van der Waals surface area contributed by atoms with Crippen molar-refractivity contribution in [2.24, 2.45) is 5.10 Å². The Kier molecular flexibility index (Phi) is 4.74. The van der Waals surface area contributed by atoms with Gasteiger partial charge in [0, 0.05) is 6.07 Å². The number of aromatic nitrogens is 2. The monoisotopic (exact) mass is 342 g/mol. The van der Waals surface area contributed by atoms with Crippen molar-refractivity contribution < 1.29 is 13.5 Å². The number of nitrogen functional groups attached to an aromatic ring is 1. The molecule has 0 saturated heterocycles. The average molecular weight is 342 g/mol. The lowest BCUT2D eigenvalue weighted by Crippen LogP contribution is -1.99. The van der Waals surface area contributed by atoms with Gasteiger partial charge in [-0.3, -0.25) is 0 Å². The van der Waals surface area contributed by atoms with Crippen molar-refractivity contribution in [3.8, 4) is 5.75 Å². The smallest absolute Gasteiger partial charge is 0.221 e. The molecule has 0 atom stereocenters. The second kappa shape index (κ2) is 7.12. The Balaban J connectivity index is 1.71. The standard InChI is InChI=1S/C18H16F2N4O/c1-12-10-24(18(21)23-12)22-9-13-3-2-4-14(7-13)11-25-17-8-15(19)5-6-16(17)20/h2-10H,11H2,1H3,(H2,21,23). The van der Waals surface area contributed by atoms with E-state index in [1.54, 1.807) is 12.4 Å². The Labute approximate surface area is 143 Å². The van der Waals surface area contributed by atoms with Crippen LogP contribution in [0.15, 0.2) is 53.8 Å². The second-order valence-electron chi connectivity index (χ2n) is 5.44. The first-order valence-corrected chi connectivity index (χ1v) is 7.54. The summed E-state index contributed by atoms with van der Waals surface area (Å²) in [7, 11) is 0. The van der Waals surface area contributed by atoms with Gasteiger partial charge in [-0.2, -0.15) is 5.10 Å². The number of hydrogen-bond donors (Lipinski definition) is 1. The molecule has 0 unspecified atom stereocenters. The van der Waals surface area contributed by atoms with Gasteiger partial charge in [-0.05, 0) is 36.2 Å². The third kappa shape index (κ3) is 4.20. The number of hydrogen-bond acceptors (Lipinski definition) is 4. The summed E-state index contributed by atoms with van der Waals surface area (Å²) in [4.78, 5) is 4.06. The van der Waals surface area contributed by atoms with Crippen molar-refractivity contribution in [2.45, 2.75) is 13.5 Å². The highest BCUT2D eigenvalue weighted by molar-refractivity contribution is 5.79. The summed E-state index contributed by atoms with van der Waals surface area (Å²) in [6.07, 6.45) is 3.34. The molecular weight excluding hydrogens is 326 g/mol. The molecule has 3 rings (SSSR count). The Morgan fingerprint density at radius 2 is 2.08 bits per heavy atom. The number of benzene rings is 2. The maximum atomic E-state index is 13.6. The maximum absolute atomic E-state index is 13.6. The highest BCUT2D eigenvalue weighted by atomic mass is 19.1. The molecule has 0 bridgehead atoms. The highest BCUT2D eigenvalue weighted by Crippen LogP contribution is 2.19. The molecule has 0 aliphatic heterocycles. The SMILES string of the molecule is Cc1cn(N=Cc2cccc(COc3cc(F)ccc3F)c2)c(N)n1. The van der Waals surface area contributed by atoms with Crippen molar-refractivity contribution in [1.82, 2.24) is 9.66 Å². The summed E-state index contributed by atoms with van der Waals surface area (Å²) >= 11 is 0. The number of imidazole rings is 1. The van der Waals surface area contributed by atoms with Crippen LogP contribution in [-0.2, 0) is 6.61 Å². The van der Waals surface area contributed by atoms with Crippen molar-refractivity contribution in [2.75, 3.05) is 5.73 Å². The van der Waals surface area contributed by atoms with Gasteiger partial charge >= 0.3 is 0 Å². The fourth-order valence-electron chi connectivity index (χ4n) is 2.24. The van der Waals surface area contributed by atoms with E-state index in [1.165, 1.54) is 4.68 Å². The normalized spacial score (nSPS) is 11.2. The molecule has 25 heavy (non-hydrogen) atoms. The molecule has 2 aromatic carbocycles. The maximum Gasteiger partial charge on any atom is 0.221 e. The summed E-state index contributed by atoms with van der Waals surface area (Å²) in [6.45, 7) is 1.93. The van der Waals surface area contributed by atoms with E-state index in [0.29, 0.717) is 5.95 Å². The van der Waals surface area contributed by atoms with E-state index >= 15 is 0 Å². The van der Waals surface area contributed by atoms with Crippen LogP contribution in [0.3, 0.4) is 0 Å². The van der Waals surface area contributed by atoms with Crippen LogP contribution in [-0.4, -0.2) is 15.9 Å². The largest absolute Gasteiger partial charge is 0.486 e. The minimum absolute atomic E-state index is 0.106. The van der Waals surface area contributed by atoms with Crippen molar-refractivity contribution in [3.63, 3.8) is 0 Å². The number of nitrogens with two attached hydrogens (primary N) is 1. The topological polar surface area (TPSA) is 65.4 Å². The number of aryl methyl sites for hydroxylation is 1. The summed E-state index contributed by atoms with van der Waals surface area (Å²) in [6, 6.07) is 10.4. The van der Waals surface area contributed by atoms with E-state index in [4.69, 9.17) is 10.5 Å². The first-order chi connectivity index (χ1) is 12.0. The Hall–Kier alpha value is -3.22. The van der Waals surface area contributed by atoms with E-state index in [1.807, 2.05) is 31.2 Å². The highest BCUT2D eigenvalue weighted by Gasteiger charge is 2.05. The summed E-state index contributed by atoms with van der Waals surface area (Å²) in [5.41, 5.74) is 8.10. The van der Waals surface area contributed by atoms with Crippen LogP contribution < -0.4 is 10.5 Å². The number of halogens is 2. The predicted molar refractivity (Wildman–Crippen MR) is 91.5 cm³/mol. The molecule has 0 radical (unpaired) electrons. The molecule has 128 valence electrons. The van der Waals surface area contributed by atoms with E-state index in [2.05, 4.69) is 10.1 Å². The zero-order valence-corrected chi connectivity index (χ0v) is 13.5. The first-order valence-electron chi connectivity index (χ1n) is 7.54. The first kappa shape index (κ1) is 16.6. The number of rotatable bonds is 5. The molecule has 5 nitrogen and oxygen atoms in total. The quantitative estimate of drug-likeness (QED) is 0.722. The summed E-state index contributed by atoms with van der Waals surface area (Å²) in [5.74, 6) is -0.980. The van der Waals surface area contributed by atoms with Gasteiger partial charge in [0.1, 0.15) is 12.4 Å². The number of anilines is 1. The van der Waals surface area contributed by atoms with Crippen LogP contribution in [0, 0.1) is 18.6 Å². The lowest BCUT2D eigenvalue weighted by atomic mass is 10.1.